The van der Waals surface area contributed by atoms with Crippen molar-refractivity contribution in [2.24, 2.45) is 0 Å². The summed E-state index contributed by atoms with van der Waals surface area (Å²) < 4.78 is 0. The van der Waals surface area contributed by atoms with E-state index < -0.39 is 11.9 Å². The van der Waals surface area contributed by atoms with E-state index in [4.69, 9.17) is 5.11 Å². The van der Waals surface area contributed by atoms with Crippen molar-refractivity contribution in [3.05, 3.63) is 83.4 Å². The van der Waals surface area contributed by atoms with Crippen molar-refractivity contribution in [2.75, 3.05) is 0 Å². The van der Waals surface area contributed by atoms with E-state index in [1.165, 1.54) is 40.4 Å². The quantitative estimate of drug-likeness (QED) is 0.376. The number of aryl methyl sites for hydroxylation is 2. The van der Waals surface area contributed by atoms with Gasteiger partial charge in [-0.3, -0.25) is 0 Å². The number of carboxylic acids is 2. The monoisotopic (exact) mass is 428 g/mol. The molecule has 0 aliphatic carbocycles. The van der Waals surface area contributed by atoms with Gasteiger partial charge < -0.3 is 15.0 Å². The summed E-state index contributed by atoms with van der Waals surface area (Å²) in [6.45, 7) is 3.65. The molecule has 0 aliphatic rings. The number of aromatic nitrogens is 6. The van der Waals surface area contributed by atoms with Gasteiger partial charge in [-0.05, 0) is 38.1 Å². The van der Waals surface area contributed by atoms with Gasteiger partial charge in [-0.15, -0.1) is 0 Å². The van der Waals surface area contributed by atoms with Crippen LogP contribution in [-0.2, 0) is 0 Å². The minimum Gasteiger partial charge on any atom is -0.545 e. The number of rotatable bonds is 4. The van der Waals surface area contributed by atoms with Crippen LogP contribution in [0.15, 0.2) is 61.2 Å². The standard InChI is InChI=1S/2C10H9N3O2.Na/c2*1-7-2-3-9(8(6-7)10(14)15)13-11-4-5-12-13;/h2*2-6H,1H3,(H,14,15);/q;;+1/p-1. The third-order valence-electron chi connectivity index (χ3n) is 4.02. The molecule has 31 heavy (non-hydrogen) atoms. The van der Waals surface area contributed by atoms with Crippen LogP contribution in [0, 0.1) is 13.8 Å². The number of carbonyl (C=O) groups is 2. The van der Waals surface area contributed by atoms with E-state index in [-0.39, 0.29) is 40.7 Å². The Labute approximate surface area is 199 Å². The molecule has 0 fully saturated rings. The van der Waals surface area contributed by atoms with Gasteiger partial charge in [-0.25, -0.2) is 4.79 Å². The molecule has 2 aromatic heterocycles. The van der Waals surface area contributed by atoms with Crippen LogP contribution in [-0.4, -0.2) is 47.0 Å². The van der Waals surface area contributed by atoms with Crippen molar-refractivity contribution >= 4 is 11.9 Å². The largest absolute Gasteiger partial charge is 1.00 e. The molecule has 0 atom stereocenters. The van der Waals surface area contributed by atoms with E-state index in [2.05, 4.69) is 20.4 Å². The molecule has 0 radical (unpaired) electrons. The van der Waals surface area contributed by atoms with Crippen LogP contribution < -0.4 is 34.7 Å². The Morgan fingerprint density at radius 2 is 1.16 bits per heavy atom. The van der Waals surface area contributed by atoms with Crippen molar-refractivity contribution < 1.29 is 49.4 Å². The Bertz CT molecular complexity index is 1080. The summed E-state index contributed by atoms with van der Waals surface area (Å²) in [5, 5.41) is 35.5. The fourth-order valence-corrected chi connectivity index (χ4v) is 2.66. The number of nitrogens with zero attached hydrogens (tertiary/aromatic N) is 6. The zero-order valence-corrected chi connectivity index (χ0v) is 19.1. The second-order valence-corrected chi connectivity index (χ2v) is 6.27. The molecule has 4 rings (SSSR count). The Morgan fingerprint density at radius 1 is 0.774 bits per heavy atom. The molecule has 0 unspecified atom stereocenters. The van der Waals surface area contributed by atoms with Gasteiger partial charge in [-0.2, -0.15) is 30.0 Å². The summed E-state index contributed by atoms with van der Waals surface area (Å²) >= 11 is 0. The molecular weight excluding hydrogens is 411 g/mol. The first kappa shape index (κ1) is 23.9. The minimum absolute atomic E-state index is 0. The van der Waals surface area contributed by atoms with E-state index in [0.29, 0.717) is 11.4 Å². The maximum Gasteiger partial charge on any atom is 1.00 e. The van der Waals surface area contributed by atoms with Crippen molar-refractivity contribution in [2.45, 2.75) is 13.8 Å². The molecule has 2 heterocycles. The van der Waals surface area contributed by atoms with Gasteiger partial charge in [0.1, 0.15) is 5.69 Å². The maximum absolute atomic E-state index is 11.0. The van der Waals surface area contributed by atoms with Crippen LogP contribution in [0.3, 0.4) is 0 Å². The zero-order chi connectivity index (χ0) is 21.7. The van der Waals surface area contributed by atoms with Crippen molar-refractivity contribution in [3.8, 4) is 11.4 Å². The SMILES string of the molecule is Cc1ccc(-n2nccn2)c(C(=O)O)c1.Cc1ccc(-n2nccn2)c(C(=O)[O-])c1.[Na+]. The van der Waals surface area contributed by atoms with Gasteiger partial charge in [0.05, 0.1) is 42.0 Å². The summed E-state index contributed by atoms with van der Waals surface area (Å²) in [7, 11) is 0. The predicted octanol–water partition coefficient (Wildman–Crippen LogP) is -1.78. The Balaban J connectivity index is 0.000000213. The van der Waals surface area contributed by atoms with Crippen LogP contribution in [0.25, 0.3) is 11.4 Å². The van der Waals surface area contributed by atoms with E-state index in [1.807, 2.05) is 19.9 Å². The van der Waals surface area contributed by atoms with E-state index in [1.54, 1.807) is 24.3 Å². The van der Waals surface area contributed by atoms with E-state index >= 15 is 0 Å². The van der Waals surface area contributed by atoms with Gasteiger partial charge in [0, 0.05) is 5.56 Å². The second kappa shape index (κ2) is 10.6. The average molecular weight is 428 g/mol. The van der Waals surface area contributed by atoms with Crippen LogP contribution in [0.5, 0.6) is 0 Å². The fourth-order valence-electron chi connectivity index (χ4n) is 2.66. The Kier molecular flexibility index (Phi) is 8.20. The van der Waals surface area contributed by atoms with Crippen LogP contribution in [0.4, 0.5) is 0 Å². The van der Waals surface area contributed by atoms with E-state index in [9.17, 15) is 14.7 Å². The van der Waals surface area contributed by atoms with E-state index in [0.717, 1.165) is 11.1 Å². The first-order valence-corrected chi connectivity index (χ1v) is 8.76. The predicted molar refractivity (Wildman–Crippen MR) is 103 cm³/mol. The first-order chi connectivity index (χ1) is 14.4. The van der Waals surface area contributed by atoms with Gasteiger partial charge in [-0.1, -0.05) is 23.3 Å². The van der Waals surface area contributed by atoms with Crippen LogP contribution in [0.1, 0.15) is 31.8 Å². The second-order valence-electron chi connectivity index (χ2n) is 6.27. The number of aromatic carboxylic acids is 2. The number of carbonyl (C=O) groups excluding carboxylic acids is 1. The first-order valence-electron chi connectivity index (χ1n) is 8.76. The molecule has 0 spiro atoms. The average Bonchev–Trinajstić information content (AvgIpc) is 3.42. The molecule has 0 bridgehead atoms. The molecule has 11 heteroatoms. The number of hydrogen-bond donors (Lipinski definition) is 1. The summed E-state index contributed by atoms with van der Waals surface area (Å²) in [5.41, 5.74) is 2.91. The molecule has 0 saturated heterocycles. The molecule has 4 aromatic rings. The van der Waals surface area contributed by atoms with Gasteiger partial charge in [0.25, 0.3) is 0 Å². The molecule has 0 aliphatic heterocycles. The summed E-state index contributed by atoms with van der Waals surface area (Å²) in [5.74, 6) is -2.21. The molecule has 2 aromatic carbocycles. The number of carboxylic acid groups (broad SMARTS) is 2. The molecule has 10 nitrogen and oxygen atoms in total. The molecule has 152 valence electrons. The van der Waals surface area contributed by atoms with Crippen molar-refractivity contribution in [1.82, 2.24) is 30.0 Å². The van der Waals surface area contributed by atoms with Crippen LogP contribution >= 0.6 is 0 Å². The minimum atomic E-state index is -1.23. The Morgan fingerprint density at radius 3 is 1.55 bits per heavy atom. The fraction of sp³-hybridized carbons (Fsp3) is 0.100. The van der Waals surface area contributed by atoms with Gasteiger partial charge in [0.15, 0.2) is 0 Å². The van der Waals surface area contributed by atoms with Gasteiger partial charge >= 0.3 is 35.5 Å². The summed E-state index contributed by atoms with van der Waals surface area (Å²) in [4.78, 5) is 24.4. The van der Waals surface area contributed by atoms with Crippen molar-refractivity contribution in [1.29, 1.82) is 0 Å². The molecule has 0 saturated carbocycles. The maximum atomic E-state index is 11.0. The molecular formula is C20H17N6NaO4. The smallest absolute Gasteiger partial charge is 0.545 e. The molecule has 1 N–H and O–H groups in total. The third-order valence-corrected chi connectivity index (χ3v) is 4.02. The van der Waals surface area contributed by atoms with Crippen molar-refractivity contribution in [3.63, 3.8) is 0 Å². The number of benzene rings is 2. The topological polar surface area (TPSA) is 139 Å². The third kappa shape index (κ3) is 5.85. The Hall–Kier alpha value is -3.34. The number of hydrogen-bond acceptors (Lipinski definition) is 7. The zero-order valence-electron chi connectivity index (χ0n) is 17.1. The summed E-state index contributed by atoms with van der Waals surface area (Å²) in [6.07, 6.45) is 5.98. The van der Waals surface area contributed by atoms with Gasteiger partial charge in [0.2, 0.25) is 0 Å². The normalized spacial score (nSPS) is 9.87. The van der Waals surface area contributed by atoms with Crippen LogP contribution in [0.2, 0.25) is 0 Å². The molecule has 0 amide bonds. The summed E-state index contributed by atoms with van der Waals surface area (Å²) in [6, 6.07) is 10.1.